The van der Waals surface area contributed by atoms with Gasteiger partial charge in [-0.3, -0.25) is 14.5 Å². The Morgan fingerprint density at radius 3 is 2.36 bits per heavy atom. The molecule has 3 fully saturated rings. The van der Waals surface area contributed by atoms with Crippen LogP contribution in [-0.2, 0) is 9.59 Å². The molecular weight excluding hydrogens is 316 g/mol. The fraction of sp³-hybridized carbons (Fsp3) is 0.895. The lowest BCUT2D eigenvalue weighted by atomic mass is 9.84. The Balaban J connectivity index is 1.23. The van der Waals surface area contributed by atoms with E-state index in [4.69, 9.17) is 0 Å². The SMILES string of the molecule is O=C(CCC1CCNCC1)NCCN1CCN(C(=O)C2CCC2)CC1. The van der Waals surface area contributed by atoms with E-state index in [2.05, 4.69) is 15.5 Å². The minimum atomic E-state index is 0.192. The quantitative estimate of drug-likeness (QED) is 0.714. The van der Waals surface area contributed by atoms with Crippen molar-refractivity contribution in [2.24, 2.45) is 11.8 Å². The number of carbonyl (C=O) groups is 2. The van der Waals surface area contributed by atoms with Gasteiger partial charge in [0.1, 0.15) is 0 Å². The van der Waals surface area contributed by atoms with Crippen LogP contribution in [-0.4, -0.2) is 74.0 Å². The highest BCUT2D eigenvalue weighted by atomic mass is 16.2. The highest BCUT2D eigenvalue weighted by Gasteiger charge is 2.31. The number of amides is 2. The van der Waals surface area contributed by atoms with Gasteiger partial charge in [-0.2, -0.15) is 0 Å². The first kappa shape index (κ1) is 18.6. The smallest absolute Gasteiger partial charge is 0.225 e. The van der Waals surface area contributed by atoms with E-state index in [0.29, 0.717) is 24.2 Å². The molecule has 2 saturated heterocycles. The normalized spacial score (nSPS) is 23.3. The Kier molecular flexibility index (Phi) is 7.11. The second kappa shape index (κ2) is 9.53. The lowest BCUT2D eigenvalue weighted by Gasteiger charge is -2.38. The zero-order chi connectivity index (χ0) is 17.5. The zero-order valence-electron chi connectivity index (χ0n) is 15.5. The first-order chi connectivity index (χ1) is 12.2. The first-order valence-corrected chi connectivity index (χ1v) is 10.2. The molecule has 0 radical (unpaired) electrons. The van der Waals surface area contributed by atoms with Gasteiger partial charge < -0.3 is 15.5 Å². The molecule has 2 N–H and O–H groups in total. The fourth-order valence-electron chi connectivity index (χ4n) is 4.05. The van der Waals surface area contributed by atoms with Gasteiger partial charge in [0.05, 0.1) is 0 Å². The highest BCUT2D eigenvalue weighted by molar-refractivity contribution is 5.79. The number of nitrogens with zero attached hydrogens (tertiary/aromatic N) is 2. The average molecular weight is 351 g/mol. The molecule has 0 aromatic carbocycles. The van der Waals surface area contributed by atoms with Crippen LogP contribution in [0.3, 0.4) is 0 Å². The summed E-state index contributed by atoms with van der Waals surface area (Å²) in [4.78, 5) is 28.6. The maximum atomic E-state index is 12.2. The number of hydrogen-bond donors (Lipinski definition) is 2. The lowest BCUT2D eigenvalue weighted by Crippen LogP contribution is -2.52. The van der Waals surface area contributed by atoms with Crippen LogP contribution >= 0.6 is 0 Å². The van der Waals surface area contributed by atoms with E-state index in [-0.39, 0.29) is 5.91 Å². The molecule has 2 amide bonds. The molecule has 3 rings (SSSR count). The minimum absolute atomic E-state index is 0.192. The molecule has 1 saturated carbocycles. The molecule has 0 aromatic heterocycles. The number of piperazine rings is 1. The van der Waals surface area contributed by atoms with Gasteiger partial charge in [-0.05, 0) is 51.1 Å². The topological polar surface area (TPSA) is 64.7 Å². The van der Waals surface area contributed by atoms with Gasteiger partial charge in [0, 0.05) is 51.6 Å². The van der Waals surface area contributed by atoms with Crippen molar-refractivity contribution in [3.8, 4) is 0 Å². The highest BCUT2D eigenvalue weighted by Crippen LogP contribution is 2.28. The van der Waals surface area contributed by atoms with Crippen molar-refractivity contribution in [1.82, 2.24) is 20.4 Å². The molecule has 6 heteroatoms. The van der Waals surface area contributed by atoms with Crippen molar-refractivity contribution in [3.05, 3.63) is 0 Å². The van der Waals surface area contributed by atoms with E-state index in [1.807, 2.05) is 4.90 Å². The third kappa shape index (κ3) is 5.68. The Hall–Kier alpha value is -1.14. The zero-order valence-corrected chi connectivity index (χ0v) is 15.5. The van der Waals surface area contributed by atoms with Gasteiger partial charge in [-0.25, -0.2) is 0 Å². The Morgan fingerprint density at radius 1 is 1.00 bits per heavy atom. The van der Waals surface area contributed by atoms with Gasteiger partial charge in [-0.15, -0.1) is 0 Å². The van der Waals surface area contributed by atoms with Crippen LogP contribution in [0.5, 0.6) is 0 Å². The van der Waals surface area contributed by atoms with Crippen LogP contribution in [0, 0.1) is 11.8 Å². The van der Waals surface area contributed by atoms with Gasteiger partial charge in [0.15, 0.2) is 0 Å². The second-order valence-electron chi connectivity index (χ2n) is 7.88. The fourth-order valence-corrected chi connectivity index (χ4v) is 4.05. The predicted octanol–water partition coefficient (Wildman–Crippen LogP) is 0.827. The Labute approximate surface area is 151 Å². The summed E-state index contributed by atoms with van der Waals surface area (Å²) >= 11 is 0. The second-order valence-corrected chi connectivity index (χ2v) is 7.88. The molecule has 25 heavy (non-hydrogen) atoms. The van der Waals surface area contributed by atoms with Crippen molar-refractivity contribution < 1.29 is 9.59 Å². The van der Waals surface area contributed by atoms with Crippen LogP contribution in [0.25, 0.3) is 0 Å². The van der Waals surface area contributed by atoms with Gasteiger partial charge in [0.25, 0.3) is 0 Å². The van der Waals surface area contributed by atoms with Crippen LogP contribution in [0.15, 0.2) is 0 Å². The van der Waals surface area contributed by atoms with Gasteiger partial charge >= 0.3 is 0 Å². The summed E-state index contributed by atoms with van der Waals surface area (Å²) in [5.74, 6) is 1.59. The molecule has 142 valence electrons. The van der Waals surface area contributed by atoms with Crippen molar-refractivity contribution >= 4 is 11.8 Å². The Bertz CT molecular complexity index is 439. The van der Waals surface area contributed by atoms with Crippen molar-refractivity contribution in [2.45, 2.75) is 44.9 Å². The summed E-state index contributed by atoms with van der Waals surface area (Å²) in [6.07, 6.45) is 7.48. The standard InChI is InChI=1S/C19H34N4O2/c24-18(5-4-16-6-8-20-9-7-16)21-10-11-22-12-14-23(15-13-22)19(25)17-2-1-3-17/h16-17,20H,1-15H2,(H,21,24). The molecule has 0 spiro atoms. The number of carbonyl (C=O) groups excluding carboxylic acids is 2. The third-order valence-electron chi connectivity index (χ3n) is 6.13. The summed E-state index contributed by atoms with van der Waals surface area (Å²) in [5, 5.41) is 6.43. The van der Waals surface area contributed by atoms with E-state index in [1.54, 1.807) is 0 Å². The molecule has 6 nitrogen and oxygen atoms in total. The van der Waals surface area contributed by atoms with Gasteiger partial charge in [-0.1, -0.05) is 6.42 Å². The number of hydrogen-bond acceptors (Lipinski definition) is 4. The van der Waals surface area contributed by atoms with Crippen molar-refractivity contribution in [2.75, 3.05) is 52.4 Å². The van der Waals surface area contributed by atoms with Crippen LogP contribution < -0.4 is 10.6 Å². The maximum absolute atomic E-state index is 12.2. The molecule has 2 heterocycles. The molecule has 1 aliphatic carbocycles. The van der Waals surface area contributed by atoms with Crippen LogP contribution in [0.2, 0.25) is 0 Å². The van der Waals surface area contributed by atoms with E-state index in [9.17, 15) is 9.59 Å². The first-order valence-electron chi connectivity index (χ1n) is 10.2. The monoisotopic (exact) mass is 350 g/mol. The maximum Gasteiger partial charge on any atom is 0.225 e. The average Bonchev–Trinajstić information content (AvgIpc) is 2.60. The molecule has 3 aliphatic rings. The molecule has 0 bridgehead atoms. The van der Waals surface area contributed by atoms with E-state index in [0.717, 1.165) is 71.6 Å². The summed E-state index contributed by atoms with van der Waals surface area (Å²) < 4.78 is 0. The minimum Gasteiger partial charge on any atom is -0.355 e. The third-order valence-corrected chi connectivity index (χ3v) is 6.13. The molecule has 0 aromatic rings. The van der Waals surface area contributed by atoms with Crippen LogP contribution in [0.1, 0.15) is 44.9 Å². The molecule has 2 aliphatic heterocycles. The molecule has 0 atom stereocenters. The van der Waals surface area contributed by atoms with Crippen molar-refractivity contribution in [3.63, 3.8) is 0 Å². The lowest BCUT2D eigenvalue weighted by molar-refractivity contribution is -0.139. The number of rotatable bonds is 7. The number of piperidine rings is 1. The largest absolute Gasteiger partial charge is 0.355 e. The predicted molar refractivity (Wildman–Crippen MR) is 98.2 cm³/mol. The van der Waals surface area contributed by atoms with E-state index >= 15 is 0 Å². The summed E-state index contributed by atoms with van der Waals surface area (Å²) in [6, 6.07) is 0. The van der Waals surface area contributed by atoms with E-state index < -0.39 is 0 Å². The van der Waals surface area contributed by atoms with E-state index in [1.165, 1.54) is 19.3 Å². The molecular formula is C19H34N4O2. The molecule has 0 unspecified atom stereocenters. The summed E-state index contributed by atoms with van der Waals surface area (Å²) in [7, 11) is 0. The van der Waals surface area contributed by atoms with Crippen LogP contribution in [0.4, 0.5) is 0 Å². The van der Waals surface area contributed by atoms with Crippen molar-refractivity contribution in [1.29, 1.82) is 0 Å². The van der Waals surface area contributed by atoms with Gasteiger partial charge in [0.2, 0.25) is 11.8 Å². The summed E-state index contributed by atoms with van der Waals surface area (Å²) in [5.41, 5.74) is 0. The number of nitrogens with one attached hydrogen (secondary N) is 2. The Morgan fingerprint density at radius 2 is 1.72 bits per heavy atom. The summed E-state index contributed by atoms with van der Waals surface area (Å²) in [6.45, 7) is 7.38.